The number of aromatic nitrogens is 8. The number of hydrogen-bond acceptors (Lipinski definition) is 17. The first-order chi connectivity index (χ1) is 65.7. The van der Waals surface area contributed by atoms with Gasteiger partial charge in [0.2, 0.25) is 0 Å². The van der Waals surface area contributed by atoms with Crippen LogP contribution in [0.3, 0.4) is 0 Å². The topological polar surface area (TPSA) is 254 Å². The van der Waals surface area contributed by atoms with Gasteiger partial charge in [-0.25, -0.2) is 15.0 Å². The summed E-state index contributed by atoms with van der Waals surface area (Å²) in [6.07, 6.45) is 14.3. The molecule has 20 heteroatoms. The van der Waals surface area contributed by atoms with Crippen LogP contribution in [0.4, 0.5) is 0 Å². The van der Waals surface area contributed by atoms with Crippen LogP contribution < -0.4 is 0 Å². The van der Waals surface area contributed by atoms with E-state index < -0.39 is 16.2 Å². The van der Waals surface area contributed by atoms with Crippen molar-refractivity contribution in [3.8, 4) is 67.3 Å². The van der Waals surface area contributed by atoms with E-state index in [1.807, 2.05) is 179 Å². The Kier molecular flexibility index (Phi) is 34.7. The first-order valence-electron chi connectivity index (χ1n) is 47.2. The number of para-hydroxylation sites is 3. The van der Waals surface area contributed by atoms with Crippen LogP contribution in [0.25, 0.3) is 177 Å². The molecule has 0 unspecified atom stereocenters. The molecule has 0 aliphatic heterocycles. The number of furan rings is 3. The van der Waals surface area contributed by atoms with Crippen molar-refractivity contribution in [3.05, 3.63) is 326 Å². The SMILES string of the molecule is CC(C)(C)C(=O)C=C(O)C(C)(C)C.CC(C)(C)C(=O)C=C(O)C(C)(C)C.CC(C)(C)C(=O)C=C(O)C(C)(C)C.CC(C)c1cccc2c1oc1c(-c3ncnc4cc(-c5cccc6ccccc56)ccc34)[c-]ccc12.CC(C)c1cccc2c1oc1c(-c3ncnc4cc(-c5ccccn5)ccc34)[c-]ccc12.CC(C)c1cccc2c1oc1c(-c3ncnc4cc(-c5cccnc5)ccc34)[c-]ccc12.[Ir].[Ir].[Ir]. The number of carbonyl (C=O) groups is 3. The van der Waals surface area contributed by atoms with Gasteiger partial charge in [-0.15, -0.1) is 54.6 Å². The number of pyridine rings is 2. The normalized spacial score (nSPS) is 12.3. The molecule has 17 nitrogen and oxygen atoms in total. The maximum Gasteiger partial charge on any atom is 0.164 e. The summed E-state index contributed by atoms with van der Waals surface area (Å²) >= 11 is 0. The first-order valence-corrected chi connectivity index (χ1v) is 47.2. The summed E-state index contributed by atoms with van der Waals surface area (Å²) in [5.41, 5.74) is 20.7. The molecular formula is C122H123Ir3N8O9-3. The molecule has 19 rings (SSSR count). The molecule has 0 amide bonds. The molecule has 0 saturated carbocycles. The Bertz CT molecular complexity index is 7530. The molecule has 8 aromatic heterocycles. The Morgan fingerprint density at radius 1 is 0.303 bits per heavy atom. The van der Waals surface area contributed by atoms with Crippen LogP contribution in [0.2, 0.25) is 0 Å². The fourth-order valence-electron chi connectivity index (χ4n) is 15.7. The van der Waals surface area contributed by atoms with Crippen LogP contribution in [0, 0.1) is 50.7 Å². The van der Waals surface area contributed by atoms with E-state index in [0.29, 0.717) is 17.8 Å². The Labute approximate surface area is 872 Å². The zero-order valence-electron chi connectivity index (χ0n) is 85.1. The van der Waals surface area contributed by atoms with Crippen molar-refractivity contribution >= 4 is 127 Å². The average Bonchev–Trinajstić information content (AvgIpc) is 1.63. The van der Waals surface area contributed by atoms with Crippen molar-refractivity contribution in [2.75, 3.05) is 0 Å². The van der Waals surface area contributed by atoms with Crippen LogP contribution >= 0.6 is 0 Å². The van der Waals surface area contributed by atoms with Crippen molar-refractivity contribution in [1.82, 2.24) is 39.9 Å². The van der Waals surface area contributed by atoms with Gasteiger partial charge in [0, 0.05) is 174 Å². The summed E-state index contributed by atoms with van der Waals surface area (Å²) in [5, 5.41) is 40.7. The van der Waals surface area contributed by atoms with E-state index in [9.17, 15) is 29.7 Å². The molecule has 3 N–H and O–H groups in total. The van der Waals surface area contributed by atoms with E-state index in [1.165, 1.54) is 51.3 Å². The number of aliphatic hydroxyl groups is 3. The number of allylic oxidation sites excluding steroid dienone is 6. The molecule has 8 heterocycles. The van der Waals surface area contributed by atoms with Crippen molar-refractivity contribution in [2.24, 2.45) is 32.5 Å². The maximum atomic E-state index is 11.5. The molecule has 0 atom stereocenters. The third-order valence-electron chi connectivity index (χ3n) is 24.3. The van der Waals surface area contributed by atoms with E-state index in [1.54, 1.807) is 31.4 Å². The second-order valence-electron chi connectivity index (χ2n) is 42.3. The van der Waals surface area contributed by atoms with Crippen LogP contribution in [-0.2, 0) is 74.7 Å². The molecule has 142 heavy (non-hydrogen) atoms. The molecule has 0 saturated heterocycles. The molecule has 0 bridgehead atoms. The van der Waals surface area contributed by atoms with Gasteiger partial charge in [0.15, 0.2) is 17.3 Å². The van der Waals surface area contributed by atoms with Gasteiger partial charge in [0.05, 0.1) is 39.0 Å². The number of benzene rings is 11. The molecule has 11 aromatic carbocycles. The van der Waals surface area contributed by atoms with Gasteiger partial charge >= 0.3 is 0 Å². The number of rotatable bonds is 12. The number of nitrogens with zero attached hydrogens (tertiary/aromatic N) is 8. The quantitative estimate of drug-likeness (QED) is 0.0584. The van der Waals surface area contributed by atoms with Crippen LogP contribution in [0.15, 0.2) is 305 Å². The van der Waals surface area contributed by atoms with E-state index in [-0.39, 0.29) is 111 Å². The molecule has 0 aliphatic carbocycles. The zero-order valence-corrected chi connectivity index (χ0v) is 92.3. The number of hydrogen-bond donors (Lipinski definition) is 3. The third kappa shape index (κ3) is 24.8. The fraction of sp³-hybridized carbons (Fsp3) is 0.270. The molecule has 0 fully saturated rings. The van der Waals surface area contributed by atoms with Gasteiger partial charge in [0.25, 0.3) is 0 Å². The van der Waals surface area contributed by atoms with Gasteiger partial charge in [-0.05, 0) is 114 Å². The molecular weight excluding hydrogens is 2300 g/mol. The standard InChI is InChI=1S/C33H23N2O.2C28H20N3O.3C11H20O2.3Ir/c1-20(2)23-11-6-13-26-27-14-7-15-29(33(27)36-32(23)26)31-28-17-16-22(18-30(28)34-19-35-31)25-12-5-9-21-8-3-4-10-24(21)25;1-17(2)20-7-3-8-21-22-9-4-10-24(28(22)32-27(20)21)26-23-12-11-18(14-25(23)30-16-31-26)19-6-5-13-29-15-19;1-17(2)19-7-5-8-20-21-9-6-10-23(28(21)32-27(19)20)26-22-13-12-18(15-25(22)30-16-31-26)24-11-3-4-14-29-24;3*1-10(2,3)8(12)7-9(13)11(4,5)6;;;/h3-14,16-20H,1-2H3;2*3-9,11-17H,1-2H3;3*7,12H,1-6H3;;;/q3*-1;;;;;;. The van der Waals surface area contributed by atoms with E-state index in [2.05, 4.69) is 264 Å². The number of ketones is 3. The maximum absolute atomic E-state index is 11.5. The van der Waals surface area contributed by atoms with Gasteiger partial charge in [-0.3, -0.25) is 39.3 Å². The largest absolute Gasteiger partial charge is 0.512 e. The van der Waals surface area contributed by atoms with Crippen molar-refractivity contribution in [1.29, 1.82) is 0 Å². The number of aliphatic hydroxyl groups excluding tert-OH is 3. The predicted octanol–water partition coefficient (Wildman–Crippen LogP) is 32.6. The summed E-state index contributed by atoms with van der Waals surface area (Å²) in [6, 6.07) is 85.0. The Hall–Kier alpha value is -13.0. The third-order valence-corrected chi connectivity index (χ3v) is 24.3. The second-order valence-corrected chi connectivity index (χ2v) is 42.3. The van der Waals surface area contributed by atoms with E-state index >= 15 is 0 Å². The van der Waals surface area contributed by atoms with E-state index in [4.69, 9.17) is 18.2 Å². The van der Waals surface area contributed by atoms with Crippen LogP contribution in [-0.4, -0.2) is 72.5 Å². The fourth-order valence-corrected chi connectivity index (χ4v) is 15.7. The smallest absolute Gasteiger partial charge is 0.164 e. The predicted molar refractivity (Wildman–Crippen MR) is 569 cm³/mol. The van der Waals surface area contributed by atoms with Gasteiger partial charge in [-0.2, -0.15) is 0 Å². The van der Waals surface area contributed by atoms with Gasteiger partial charge in [-0.1, -0.05) is 345 Å². The summed E-state index contributed by atoms with van der Waals surface area (Å²) in [4.78, 5) is 70.8. The minimum atomic E-state index is -0.417. The minimum absolute atomic E-state index is 0. The van der Waals surface area contributed by atoms with Crippen molar-refractivity contribution in [2.45, 2.75) is 184 Å². The molecule has 3 radical (unpaired) electrons. The molecule has 0 aliphatic rings. The second kappa shape index (κ2) is 45.1. The van der Waals surface area contributed by atoms with Gasteiger partial charge < -0.3 is 28.6 Å². The Balaban J connectivity index is 0.000000171. The van der Waals surface area contributed by atoms with Crippen molar-refractivity contribution in [3.63, 3.8) is 0 Å². The Morgan fingerprint density at radius 2 is 0.634 bits per heavy atom. The monoisotopic (exact) mass is 2420 g/mol. The molecule has 19 aromatic rings. The summed E-state index contributed by atoms with van der Waals surface area (Å²) in [7, 11) is 0. The van der Waals surface area contributed by atoms with Gasteiger partial charge in [0.1, 0.15) is 53.0 Å². The van der Waals surface area contributed by atoms with Crippen LogP contribution in [0.1, 0.15) is 201 Å². The summed E-state index contributed by atoms with van der Waals surface area (Å²) in [5.74, 6) is 1.43. The zero-order chi connectivity index (χ0) is 100. The number of fused-ring (bicyclic) bond motifs is 13. The first kappa shape index (κ1) is 109. The molecule has 735 valence electrons. The van der Waals surface area contributed by atoms with Crippen LogP contribution in [0.5, 0.6) is 0 Å². The minimum Gasteiger partial charge on any atom is -0.512 e. The summed E-state index contributed by atoms with van der Waals surface area (Å²) in [6.45, 7) is 46.5. The average molecular weight is 2420 g/mol. The van der Waals surface area contributed by atoms with Crippen molar-refractivity contribution < 1.29 is 103 Å². The summed E-state index contributed by atoms with van der Waals surface area (Å²) < 4.78 is 19.5. The number of carbonyl (C=O) groups excluding carboxylic acids is 3. The Morgan fingerprint density at radius 3 is 0.986 bits per heavy atom. The van der Waals surface area contributed by atoms with E-state index in [0.717, 1.165) is 160 Å². The molecule has 0 spiro atoms.